The predicted molar refractivity (Wildman–Crippen MR) is 618 cm³/mol. The van der Waals surface area contributed by atoms with Crippen molar-refractivity contribution in [2.75, 3.05) is 0 Å². The maximum absolute atomic E-state index is 9.30. The number of aromatic nitrogens is 9. The Hall–Kier alpha value is -20.4. The molecular weight excluding hydrogens is 1830 g/mol. The van der Waals surface area contributed by atoms with Crippen LogP contribution in [-0.2, 0) is 63.4 Å². The summed E-state index contributed by atoms with van der Waals surface area (Å²) in [4.78, 5) is 17.7. The topological polar surface area (TPSA) is 161 Å². The second-order valence-corrected chi connectivity index (χ2v) is 37.4. The minimum Gasteiger partial charge on any atom is -0.352 e. The number of benzene rings is 18. The van der Waals surface area contributed by atoms with Crippen LogP contribution in [0, 0.1) is 113 Å². The molecule has 18 aromatic carbocycles. The Kier molecular flexibility index (Phi) is 26.7. The lowest BCUT2D eigenvalue weighted by Crippen LogP contribution is -1.91. The van der Waals surface area contributed by atoms with Crippen LogP contribution < -0.4 is 0 Å². The Morgan fingerprint density at radius 3 is 0.987 bits per heavy atom. The van der Waals surface area contributed by atoms with E-state index >= 15 is 0 Å². The molecule has 714 valence electrons. The van der Waals surface area contributed by atoms with Gasteiger partial charge in [0, 0.05) is 221 Å². The number of nitrogens with zero attached hydrogens (tertiary/aromatic N) is 18. The fraction of sp³-hybridized carbons (Fsp3) is 0.107. The molecule has 0 saturated heterocycles. The minimum atomic E-state index is 0.598. The molecule has 0 aliphatic heterocycles. The lowest BCUT2D eigenvalue weighted by atomic mass is 10.0. The fourth-order valence-corrected chi connectivity index (χ4v) is 21.4. The second-order valence-electron chi connectivity index (χ2n) is 37.4. The van der Waals surface area contributed by atoms with E-state index in [-0.39, 0.29) is 0 Å². The van der Waals surface area contributed by atoms with Gasteiger partial charge in [-0.3, -0.25) is 0 Å². The molecule has 0 saturated carbocycles. The molecule has 9 aromatic heterocycles. The van der Waals surface area contributed by atoms with Gasteiger partial charge in [0.2, 0.25) is 5.69 Å². The number of para-hydroxylation sites is 8. The van der Waals surface area contributed by atoms with Crippen LogP contribution in [0.15, 0.2) is 352 Å². The summed E-state index contributed by atoms with van der Waals surface area (Å²) in [5.74, 6) is 0. The molecule has 18 heteroatoms. The van der Waals surface area contributed by atoms with Crippen molar-refractivity contribution in [1.82, 2.24) is 41.1 Å². The Morgan fingerprint density at radius 1 is 0.188 bits per heavy atom. The summed E-state index contributed by atoms with van der Waals surface area (Å²) in [6.45, 7) is 46.4. The van der Waals surface area contributed by atoms with Gasteiger partial charge in [-0.1, -0.05) is 242 Å². The zero-order chi connectivity index (χ0) is 104. The van der Waals surface area contributed by atoms with Crippen molar-refractivity contribution in [2.45, 2.75) is 34.6 Å². The molecule has 18 nitrogen and oxygen atoms in total. The van der Waals surface area contributed by atoms with Gasteiger partial charge in [0.15, 0.2) is 22.7 Å². The number of nitriles is 4. The van der Waals surface area contributed by atoms with Gasteiger partial charge < -0.3 is 41.1 Å². The van der Waals surface area contributed by atoms with E-state index < -0.39 is 0 Å². The van der Waals surface area contributed by atoms with E-state index in [1.165, 1.54) is 131 Å². The van der Waals surface area contributed by atoms with Crippen molar-refractivity contribution in [1.29, 1.82) is 21.0 Å². The zero-order valence-electron chi connectivity index (χ0n) is 85.0. The van der Waals surface area contributed by atoms with Gasteiger partial charge in [-0.25, -0.2) is 24.2 Å². The van der Waals surface area contributed by atoms with Crippen LogP contribution in [-0.4, -0.2) is 41.1 Å². The Labute approximate surface area is 862 Å². The normalized spacial score (nSPS) is 10.8. The van der Waals surface area contributed by atoms with E-state index in [4.69, 9.17) is 38.1 Å². The Bertz CT molecular complexity index is 10400. The summed E-state index contributed by atoms with van der Waals surface area (Å²) >= 11 is 0. The molecule has 0 aliphatic rings. The molecule has 0 bridgehead atoms. The van der Waals surface area contributed by atoms with Gasteiger partial charge in [0.05, 0.1) is 83.3 Å². The lowest BCUT2D eigenvalue weighted by molar-refractivity contribution is 1.01. The summed E-state index contributed by atoms with van der Waals surface area (Å²) in [5, 5.41) is 57.9. The monoisotopic (exact) mass is 1920 g/mol. The van der Waals surface area contributed by atoms with Crippen molar-refractivity contribution in [3.05, 3.63) is 459 Å². The highest BCUT2D eigenvalue weighted by Gasteiger charge is 2.21. The Balaban J connectivity index is 0.000000105. The molecule has 0 fully saturated rings. The molecule has 0 radical (unpaired) electrons. The summed E-state index contributed by atoms with van der Waals surface area (Å²) < 4.78 is 19.2. The highest BCUT2D eigenvalue weighted by Crippen LogP contribution is 2.43. The molecule has 149 heavy (non-hydrogen) atoms. The number of hydrogen-bond donors (Lipinski definition) is 0. The SMILES string of the molecule is Cc1ccc2c(c1)c1ccccc1n2C.Cc1ccc2c3ccccc3n(C)c2c1.Cc1ccc2c3ccccc3n(C)c2c1C#N.Cn1c2ccccc2c2cccc(C#N)c21.[C-]#[N+]c1ccc2c(c1)c1cc(C)ccc1n2C.[C-]#[N+]c1ccc2c3ccc(C)cc3n(C)c2c1.[C-]#[N+]c1cccc2c1c1c(C#N)cccc1n2C.[C-]#[N+]c1cccc2c1c1ccccc1n2C.[C-]#[N+]c1cccc2c3cccc(C#N)c3n(C)c12. The molecule has 27 aromatic rings. The van der Waals surface area contributed by atoms with E-state index in [1.54, 1.807) is 24.3 Å². The number of aryl methyl sites for hydroxylation is 14. The van der Waals surface area contributed by atoms with Crippen molar-refractivity contribution >= 4 is 225 Å². The molecule has 0 atom stereocenters. The molecule has 0 unspecified atom stereocenters. The number of hydrogen-bond acceptors (Lipinski definition) is 4. The molecular formula is C131H100N18. The van der Waals surface area contributed by atoms with Crippen LogP contribution >= 0.6 is 0 Å². The molecule has 9 heterocycles. The van der Waals surface area contributed by atoms with Crippen LogP contribution in [0.3, 0.4) is 0 Å². The summed E-state index contributed by atoms with van der Waals surface area (Å²) in [6.07, 6.45) is 0. The van der Waals surface area contributed by atoms with Crippen LogP contribution in [0.5, 0.6) is 0 Å². The third-order valence-corrected chi connectivity index (χ3v) is 28.7. The molecule has 0 N–H and O–H groups in total. The number of rotatable bonds is 0. The van der Waals surface area contributed by atoms with E-state index in [9.17, 15) is 15.8 Å². The van der Waals surface area contributed by atoms with Crippen molar-refractivity contribution < 1.29 is 0 Å². The minimum absolute atomic E-state index is 0.598. The van der Waals surface area contributed by atoms with Gasteiger partial charge in [0.1, 0.15) is 18.2 Å². The Morgan fingerprint density at radius 2 is 0.477 bits per heavy atom. The molecule has 0 spiro atoms. The first-order valence-corrected chi connectivity index (χ1v) is 48.6. The zero-order valence-corrected chi connectivity index (χ0v) is 85.0. The van der Waals surface area contributed by atoms with Crippen LogP contribution in [0.1, 0.15) is 50.1 Å². The first kappa shape index (κ1) is 97.4. The standard InChI is InChI=1S/2C15H9N3.3C15H12N2.2C14H10N2.2C14H13N/c1-17-11-6-4-8-13-15(11)14-10(9-16)5-3-7-12(14)18(13)2;1-17-13-8-4-7-12-11-6-3-5-10(9-16)14(11)18(2)15(12)13;1-10-4-6-14-12(8-10)13-9-11(16-2)5-7-15(13)17(14)3;1-10-4-6-12-13-7-5-11(16-2)9-15(13)17(3)14(12)8-10;1-10-7-8-12-11-5-3-4-6-14(11)17(2)15(12)13(10)9-16;1-15-11-7-5-9-13-14(11)10-6-3-4-8-12(10)16(13)2;1-16-13-8-3-2-6-11(13)12-7-4-5-10(9-15)14(12)16;1-10-7-8-14-12(9-10)11-5-3-4-6-13(11)15(14)2;1-10-7-8-12-11-5-3-4-6-13(11)15(2)14(12)9-10/h2*3-8H,2H3;2*4-9H,1,3H3;3-8H,1-2H3;3-9H,2H3;2-8H,1H3;2*3-9H,1-2H3. The van der Waals surface area contributed by atoms with Crippen LogP contribution in [0.4, 0.5) is 28.4 Å². The average Bonchev–Trinajstić information content (AvgIpc) is 1.58. The third-order valence-electron chi connectivity index (χ3n) is 28.7. The summed E-state index contributed by atoms with van der Waals surface area (Å²) in [6, 6.07) is 127. The van der Waals surface area contributed by atoms with Gasteiger partial charge in [-0.2, -0.15) is 21.0 Å². The maximum atomic E-state index is 9.30. The lowest BCUT2D eigenvalue weighted by Gasteiger charge is -2.02. The van der Waals surface area contributed by atoms with Crippen LogP contribution in [0.2, 0.25) is 0 Å². The quantitative estimate of drug-likeness (QED) is 0.138. The van der Waals surface area contributed by atoms with Crippen molar-refractivity contribution in [2.24, 2.45) is 63.4 Å². The summed E-state index contributed by atoms with van der Waals surface area (Å²) in [5.41, 5.74) is 32.7. The van der Waals surface area contributed by atoms with Crippen molar-refractivity contribution in [3.8, 4) is 24.3 Å². The summed E-state index contributed by atoms with van der Waals surface area (Å²) in [7, 11) is 18.3. The third kappa shape index (κ3) is 17.4. The van der Waals surface area contributed by atoms with Gasteiger partial charge in [-0.05, 0) is 189 Å². The van der Waals surface area contributed by atoms with E-state index in [0.717, 1.165) is 110 Å². The van der Waals surface area contributed by atoms with Gasteiger partial charge in [0.25, 0.3) is 0 Å². The highest BCUT2D eigenvalue weighted by atomic mass is 15.0. The maximum Gasteiger partial charge on any atom is 0.210 e. The highest BCUT2D eigenvalue weighted by molar-refractivity contribution is 6.20. The average molecular weight is 1930 g/mol. The molecule has 0 amide bonds. The smallest absolute Gasteiger partial charge is 0.210 e. The van der Waals surface area contributed by atoms with Gasteiger partial charge >= 0.3 is 0 Å². The van der Waals surface area contributed by atoms with Crippen molar-refractivity contribution in [3.63, 3.8) is 0 Å². The van der Waals surface area contributed by atoms with Gasteiger partial charge in [-0.15, -0.1) is 0 Å². The van der Waals surface area contributed by atoms with E-state index in [1.807, 2.05) is 203 Å². The first-order chi connectivity index (χ1) is 72.4. The molecule has 0 aliphatic carbocycles. The van der Waals surface area contributed by atoms with E-state index in [0.29, 0.717) is 33.9 Å². The largest absolute Gasteiger partial charge is 0.352 e. The second kappa shape index (κ2) is 40.9. The van der Waals surface area contributed by atoms with Crippen LogP contribution in [0.25, 0.3) is 220 Å². The number of fused-ring (bicyclic) bond motifs is 27. The predicted octanol–water partition coefficient (Wildman–Crippen LogP) is 33.8. The first-order valence-electron chi connectivity index (χ1n) is 48.6. The fourth-order valence-electron chi connectivity index (χ4n) is 21.4. The van der Waals surface area contributed by atoms with E-state index in [2.05, 4.69) is 312 Å². The molecule has 27 rings (SSSR count).